The summed E-state index contributed by atoms with van der Waals surface area (Å²) in [6, 6.07) is 2.51. The van der Waals surface area contributed by atoms with Crippen LogP contribution in [0.4, 0.5) is 0 Å². The molecule has 1 aromatic rings. The summed E-state index contributed by atoms with van der Waals surface area (Å²) in [4.78, 5) is 15.0. The van der Waals surface area contributed by atoms with Crippen molar-refractivity contribution in [1.82, 2.24) is 10.2 Å². The standard InChI is InChI=1S/C19H28N2O3S/c22-18(13-24-12-16-1-7-23-11-16)21(10-15-2-8-25-14-15)17-9-19(17)3-5-20-6-4-19/h2,8,14,16-17,20H,1,3-7,9-13H2/t16-,17-/m0/s1. The lowest BCUT2D eigenvalue weighted by Crippen LogP contribution is -2.40. The van der Waals surface area contributed by atoms with Crippen LogP contribution in [-0.4, -0.2) is 56.4 Å². The molecular weight excluding hydrogens is 336 g/mol. The number of nitrogens with one attached hydrogen (secondary N) is 1. The van der Waals surface area contributed by atoms with Crippen LogP contribution >= 0.6 is 11.3 Å². The lowest BCUT2D eigenvalue weighted by molar-refractivity contribution is -0.138. The third kappa shape index (κ3) is 4.08. The summed E-state index contributed by atoms with van der Waals surface area (Å²) in [5, 5.41) is 7.67. The highest BCUT2D eigenvalue weighted by Gasteiger charge is 2.57. The van der Waals surface area contributed by atoms with Gasteiger partial charge in [-0.25, -0.2) is 0 Å². The van der Waals surface area contributed by atoms with Crippen molar-refractivity contribution in [3.8, 4) is 0 Å². The minimum atomic E-state index is 0.144. The van der Waals surface area contributed by atoms with Gasteiger partial charge in [0.2, 0.25) is 5.91 Å². The molecular formula is C19H28N2O3S. The number of carbonyl (C=O) groups is 1. The van der Waals surface area contributed by atoms with Crippen molar-refractivity contribution in [2.45, 2.75) is 38.3 Å². The second-order valence-corrected chi connectivity index (χ2v) is 8.51. The molecule has 0 unspecified atom stereocenters. The van der Waals surface area contributed by atoms with Gasteiger partial charge in [-0.1, -0.05) is 0 Å². The average molecular weight is 365 g/mol. The summed E-state index contributed by atoms with van der Waals surface area (Å²) in [6.07, 6.45) is 4.57. The quantitative estimate of drug-likeness (QED) is 0.806. The number of nitrogens with zero attached hydrogens (tertiary/aromatic N) is 1. The van der Waals surface area contributed by atoms with Crippen LogP contribution < -0.4 is 5.32 Å². The zero-order valence-corrected chi connectivity index (χ0v) is 15.6. The molecule has 1 N–H and O–H groups in total. The van der Waals surface area contributed by atoms with E-state index >= 15 is 0 Å². The van der Waals surface area contributed by atoms with Crippen molar-refractivity contribution in [2.75, 3.05) is 39.5 Å². The molecule has 3 aliphatic rings. The van der Waals surface area contributed by atoms with E-state index < -0.39 is 0 Å². The number of hydrogen-bond donors (Lipinski definition) is 1. The largest absolute Gasteiger partial charge is 0.381 e. The SMILES string of the molecule is O=C(COC[C@H]1CCOC1)N(Cc1ccsc1)[C@H]1CC12CCNCC2. The van der Waals surface area contributed by atoms with Gasteiger partial charge in [-0.15, -0.1) is 0 Å². The van der Waals surface area contributed by atoms with Gasteiger partial charge in [-0.05, 0) is 66.6 Å². The predicted octanol–water partition coefficient (Wildman–Crippen LogP) is 2.27. The van der Waals surface area contributed by atoms with Crippen molar-refractivity contribution < 1.29 is 14.3 Å². The molecule has 1 spiro atoms. The highest BCUT2D eigenvalue weighted by Crippen LogP contribution is 2.56. The molecule has 2 atom stereocenters. The van der Waals surface area contributed by atoms with Crippen LogP contribution in [0.1, 0.15) is 31.2 Å². The van der Waals surface area contributed by atoms with Crippen molar-refractivity contribution >= 4 is 17.2 Å². The number of hydrogen-bond acceptors (Lipinski definition) is 5. The normalized spacial score (nSPS) is 27.5. The third-order valence-corrected chi connectivity index (χ3v) is 6.71. The minimum Gasteiger partial charge on any atom is -0.381 e. The van der Waals surface area contributed by atoms with Crippen LogP contribution in [0.25, 0.3) is 0 Å². The summed E-state index contributed by atoms with van der Waals surface area (Å²) in [6.45, 7) is 5.31. The maximum atomic E-state index is 12.9. The molecule has 2 saturated heterocycles. The lowest BCUT2D eigenvalue weighted by Gasteiger charge is -2.29. The van der Waals surface area contributed by atoms with Crippen molar-refractivity contribution in [2.24, 2.45) is 11.3 Å². The summed E-state index contributed by atoms with van der Waals surface area (Å²) < 4.78 is 11.1. The lowest BCUT2D eigenvalue weighted by atomic mass is 9.93. The Bertz CT molecular complexity index is 565. The van der Waals surface area contributed by atoms with Crippen LogP contribution in [0.15, 0.2) is 16.8 Å². The van der Waals surface area contributed by atoms with Gasteiger partial charge in [0.05, 0.1) is 13.2 Å². The minimum absolute atomic E-state index is 0.144. The first-order valence-electron chi connectivity index (χ1n) is 9.44. The molecule has 4 rings (SSSR count). The van der Waals surface area contributed by atoms with Gasteiger partial charge in [0.25, 0.3) is 0 Å². The fraction of sp³-hybridized carbons (Fsp3) is 0.737. The zero-order valence-electron chi connectivity index (χ0n) is 14.7. The fourth-order valence-corrected chi connectivity index (χ4v) is 4.95. The van der Waals surface area contributed by atoms with E-state index in [2.05, 4.69) is 27.0 Å². The van der Waals surface area contributed by atoms with Gasteiger partial charge in [0.15, 0.2) is 0 Å². The second-order valence-electron chi connectivity index (χ2n) is 7.73. The number of thiophene rings is 1. The zero-order chi connectivity index (χ0) is 17.1. The molecule has 1 aliphatic carbocycles. The first-order valence-corrected chi connectivity index (χ1v) is 10.4. The topological polar surface area (TPSA) is 50.8 Å². The molecule has 1 saturated carbocycles. The number of carbonyl (C=O) groups excluding carboxylic acids is 1. The Morgan fingerprint density at radius 1 is 1.44 bits per heavy atom. The average Bonchev–Trinajstić information content (AvgIpc) is 3.07. The van der Waals surface area contributed by atoms with E-state index in [-0.39, 0.29) is 12.5 Å². The second kappa shape index (κ2) is 7.74. The third-order valence-electron chi connectivity index (χ3n) is 5.98. The molecule has 0 aromatic carbocycles. The molecule has 6 heteroatoms. The van der Waals surface area contributed by atoms with E-state index in [9.17, 15) is 4.79 Å². The molecule has 0 bridgehead atoms. The van der Waals surface area contributed by atoms with E-state index in [0.29, 0.717) is 24.0 Å². The summed E-state index contributed by atoms with van der Waals surface area (Å²) in [5.74, 6) is 0.598. The summed E-state index contributed by atoms with van der Waals surface area (Å²) >= 11 is 1.69. The fourth-order valence-electron chi connectivity index (χ4n) is 4.29. The molecule has 25 heavy (non-hydrogen) atoms. The van der Waals surface area contributed by atoms with E-state index in [0.717, 1.165) is 45.7 Å². The smallest absolute Gasteiger partial charge is 0.249 e. The Hall–Kier alpha value is -0.950. The Morgan fingerprint density at radius 3 is 3.04 bits per heavy atom. The van der Waals surface area contributed by atoms with Gasteiger partial charge in [-0.3, -0.25) is 4.79 Å². The highest BCUT2D eigenvalue weighted by molar-refractivity contribution is 7.07. The molecule has 1 aromatic heterocycles. The first-order chi connectivity index (χ1) is 12.3. The van der Waals surface area contributed by atoms with Gasteiger partial charge in [-0.2, -0.15) is 11.3 Å². The van der Waals surface area contributed by atoms with Crippen LogP contribution in [0.2, 0.25) is 0 Å². The number of rotatable bonds is 7. The van der Waals surface area contributed by atoms with Gasteiger partial charge < -0.3 is 19.7 Å². The Balaban J connectivity index is 1.35. The monoisotopic (exact) mass is 364 g/mol. The number of piperidine rings is 1. The highest BCUT2D eigenvalue weighted by atomic mass is 32.1. The summed E-state index contributed by atoms with van der Waals surface area (Å²) in [7, 11) is 0. The van der Waals surface area contributed by atoms with Crippen LogP contribution in [0, 0.1) is 11.3 Å². The van der Waals surface area contributed by atoms with Crippen molar-refractivity contribution in [3.63, 3.8) is 0 Å². The number of amides is 1. The van der Waals surface area contributed by atoms with Crippen molar-refractivity contribution in [3.05, 3.63) is 22.4 Å². The van der Waals surface area contributed by atoms with Gasteiger partial charge in [0.1, 0.15) is 6.61 Å². The molecule has 3 fully saturated rings. The van der Waals surface area contributed by atoms with Crippen LogP contribution in [0.5, 0.6) is 0 Å². The predicted molar refractivity (Wildman–Crippen MR) is 97.6 cm³/mol. The van der Waals surface area contributed by atoms with Crippen molar-refractivity contribution in [1.29, 1.82) is 0 Å². The summed E-state index contributed by atoms with van der Waals surface area (Å²) in [5.41, 5.74) is 1.59. The Labute approximate surface area is 153 Å². The van der Waals surface area contributed by atoms with Gasteiger partial charge in [0, 0.05) is 25.1 Å². The first kappa shape index (κ1) is 17.5. The molecule has 3 heterocycles. The maximum Gasteiger partial charge on any atom is 0.249 e. The van der Waals surface area contributed by atoms with Crippen LogP contribution in [-0.2, 0) is 20.8 Å². The van der Waals surface area contributed by atoms with Gasteiger partial charge >= 0.3 is 0 Å². The van der Waals surface area contributed by atoms with E-state index in [1.807, 2.05) is 0 Å². The molecule has 2 aliphatic heterocycles. The molecule has 1 amide bonds. The number of ether oxygens (including phenoxy) is 2. The Kier molecular flexibility index (Phi) is 5.41. The molecule has 5 nitrogen and oxygen atoms in total. The Morgan fingerprint density at radius 2 is 2.32 bits per heavy atom. The molecule has 138 valence electrons. The van der Waals surface area contributed by atoms with E-state index in [4.69, 9.17) is 9.47 Å². The van der Waals surface area contributed by atoms with E-state index in [1.165, 1.54) is 18.4 Å². The molecule has 0 radical (unpaired) electrons. The van der Waals surface area contributed by atoms with Crippen LogP contribution in [0.3, 0.4) is 0 Å². The van der Waals surface area contributed by atoms with E-state index in [1.54, 1.807) is 11.3 Å². The maximum absolute atomic E-state index is 12.9.